The molecule has 0 aliphatic rings. The molecule has 0 radical (unpaired) electrons. The predicted octanol–water partition coefficient (Wildman–Crippen LogP) is 4.32. The summed E-state index contributed by atoms with van der Waals surface area (Å²) in [5, 5.41) is 5.72. The van der Waals surface area contributed by atoms with Gasteiger partial charge in [0.05, 0.1) is 11.3 Å². The lowest BCUT2D eigenvalue weighted by Gasteiger charge is -2.18. The van der Waals surface area contributed by atoms with E-state index in [2.05, 4.69) is 17.6 Å². The molecule has 5 nitrogen and oxygen atoms in total. The molecule has 0 aliphatic heterocycles. The third-order valence-electron chi connectivity index (χ3n) is 4.18. The van der Waals surface area contributed by atoms with E-state index >= 15 is 0 Å². The summed E-state index contributed by atoms with van der Waals surface area (Å²) < 4.78 is 5.85. The molecule has 144 valence electrons. The van der Waals surface area contributed by atoms with E-state index in [9.17, 15) is 9.59 Å². The predicted molar refractivity (Wildman–Crippen MR) is 108 cm³/mol. The minimum absolute atomic E-state index is 0.188. The highest BCUT2D eigenvalue weighted by Crippen LogP contribution is 2.19. The number of benzene rings is 2. The van der Waals surface area contributed by atoms with Crippen molar-refractivity contribution in [3.05, 3.63) is 59.7 Å². The number of unbranched alkanes of at least 4 members (excludes halogenated alkanes) is 1. The molecule has 0 heterocycles. The molecule has 0 unspecified atom stereocenters. The summed E-state index contributed by atoms with van der Waals surface area (Å²) in [5.41, 5.74) is 2.01. The fraction of sp³-hybridized carbons (Fsp3) is 0.364. The van der Waals surface area contributed by atoms with Gasteiger partial charge in [-0.05, 0) is 49.6 Å². The number of ether oxygens (including phenoxy) is 1. The summed E-state index contributed by atoms with van der Waals surface area (Å²) in [4.78, 5) is 25.1. The number of rotatable bonds is 9. The molecule has 2 aromatic carbocycles. The molecule has 0 fully saturated rings. The van der Waals surface area contributed by atoms with E-state index < -0.39 is 6.10 Å². The first-order chi connectivity index (χ1) is 13.0. The highest BCUT2D eigenvalue weighted by Gasteiger charge is 2.21. The smallest absolute Gasteiger partial charge is 0.265 e. The monoisotopic (exact) mass is 368 g/mol. The summed E-state index contributed by atoms with van der Waals surface area (Å²) in [6.07, 6.45) is 1.81. The fourth-order valence-electron chi connectivity index (χ4n) is 2.65. The highest BCUT2D eigenvalue weighted by atomic mass is 16.5. The van der Waals surface area contributed by atoms with E-state index in [1.54, 1.807) is 24.3 Å². The average Bonchev–Trinajstić information content (AvgIpc) is 2.66. The van der Waals surface area contributed by atoms with Crippen molar-refractivity contribution >= 4 is 17.5 Å². The Morgan fingerprint density at radius 3 is 2.56 bits per heavy atom. The number of hydrogen-bond acceptors (Lipinski definition) is 3. The molecule has 27 heavy (non-hydrogen) atoms. The van der Waals surface area contributed by atoms with Crippen LogP contribution in [-0.4, -0.2) is 24.5 Å². The van der Waals surface area contributed by atoms with Crippen molar-refractivity contribution in [1.82, 2.24) is 5.32 Å². The molecule has 2 N–H and O–H groups in total. The molecule has 2 aromatic rings. The Kier molecular flexibility index (Phi) is 7.86. The van der Waals surface area contributed by atoms with E-state index in [0.717, 1.165) is 18.4 Å². The number of carbonyl (C=O) groups excluding carboxylic acids is 2. The number of para-hydroxylation sites is 1. The van der Waals surface area contributed by atoms with Gasteiger partial charge in [-0.2, -0.15) is 0 Å². The molecule has 0 bridgehead atoms. The number of aryl methyl sites for hydroxylation is 1. The van der Waals surface area contributed by atoms with Crippen LogP contribution in [0.5, 0.6) is 5.75 Å². The number of carbonyl (C=O) groups is 2. The van der Waals surface area contributed by atoms with Crippen molar-refractivity contribution in [1.29, 1.82) is 0 Å². The Morgan fingerprint density at radius 2 is 1.85 bits per heavy atom. The van der Waals surface area contributed by atoms with Gasteiger partial charge in [0.2, 0.25) is 0 Å². The Balaban J connectivity index is 2.08. The summed E-state index contributed by atoms with van der Waals surface area (Å²) in [6.45, 7) is 6.55. The molecule has 5 heteroatoms. The Morgan fingerprint density at radius 1 is 1.07 bits per heavy atom. The van der Waals surface area contributed by atoms with Gasteiger partial charge in [0.25, 0.3) is 11.8 Å². The zero-order valence-corrected chi connectivity index (χ0v) is 16.2. The highest BCUT2D eigenvalue weighted by molar-refractivity contribution is 6.04. The van der Waals surface area contributed by atoms with Crippen molar-refractivity contribution in [3.8, 4) is 5.75 Å². The third kappa shape index (κ3) is 6.13. The van der Waals surface area contributed by atoms with Gasteiger partial charge in [-0.25, -0.2) is 0 Å². The van der Waals surface area contributed by atoms with Crippen molar-refractivity contribution < 1.29 is 14.3 Å². The Hall–Kier alpha value is -2.82. The van der Waals surface area contributed by atoms with Crippen LogP contribution in [0, 0.1) is 6.92 Å². The first-order valence-corrected chi connectivity index (χ1v) is 9.46. The summed E-state index contributed by atoms with van der Waals surface area (Å²) in [7, 11) is 0. The van der Waals surface area contributed by atoms with Crippen molar-refractivity contribution in [2.24, 2.45) is 0 Å². The van der Waals surface area contributed by atoms with Gasteiger partial charge in [-0.3, -0.25) is 9.59 Å². The quantitative estimate of drug-likeness (QED) is 0.648. The van der Waals surface area contributed by atoms with Gasteiger partial charge in [0.15, 0.2) is 6.10 Å². The van der Waals surface area contributed by atoms with Crippen molar-refractivity contribution in [3.63, 3.8) is 0 Å². The molecule has 0 aliphatic carbocycles. The van der Waals surface area contributed by atoms with E-state index in [1.807, 2.05) is 38.1 Å². The van der Waals surface area contributed by atoms with Crippen LogP contribution in [0.15, 0.2) is 48.5 Å². The van der Waals surface area contributed by atoms with Gasteiger partial charge in [0.1, 0.15) is 5.75 Å². The van der Waals surface area contributed by atoms with E-state index in [1.165, 1.54) is 0 Å². The largest absolute Gasteiger partial charge is 0.481 e. The van der Waals surface area contributed by atoms with E-state index in [0.29, 0.717) is 30.0 Å². The number of amides is 2. The number of nitrogens with one attached hydrogen (secondary N) is 2. The lowest BCUT2D eigenvalue weighted by Crippen LogP contribution is -2.33. The first kappa shape index (κ1) is 20.5. The molecular weight excluding hydrogens is 340 g/mol. The summed E-state index contributed by atoms with van der Waals surface area (Å²) in [5.74, 6) is 0.197. The minimum Gasteiger partial charge on any atom is -0.481 e. The zero-order valence-electron chi connectivity index (χ0n) is 16.2. The van der Waals surface area contributed by atoms with Gasteiger partial charge in [-0.15, -0.1) is 0 Å². The molecule has 2 rings (SSSR count). The van der Waals surface area contributed by atoms with Gasteiger partial charge < -0.3 is 15.4 Å². The molecular formula is C22H28N2O3. The normalized spacial score (nSPS) is 11.5. The summed E-state index contributed by atoms with van der Waals surface area (Å²) in [6, 6.07) is 14.6. The van der Waals surface area contributed by atoms with Crippen LogP contribution in [0.2, 0.25) is 0 Å². The first-order valence-electron chi connectivity index (χ1n) is 9.46. The minimum atomic E-state index is -0.636. The maximum absolute atomic E-state index is 12.7. The summed E-state index contributed by atoms with van der Waals surface area (Å²) >= 11 is 0. The second-order valence-electron chi connectivity index (χ2n) is 6.48. The SMILES string of the molecule is CCCCNC(=O)c1ccccc1NC(=O)[C@H](CC)Oc1cccc(C)c1. The van der Waals surface area contributed by atoms with E-state index in [4.69, 9.17) is 4.74 Å². The van der Waals surface area contributed by atoms with Crippen LogP contribution in [-0.2, 0) is 4.79 Å². The lowest BCUT2D eigenvalue weighted by atomic mass is 10.1. The molecule has 1 atom stereocenters. The van der Waals surface area contributed by atoms with Crippen LogP contribution >= 0.6 is 0 Å². The topological polar surface area (TPSA) is 67.4 Å². The average molecular weight is 368 g/mol. The maximum atomic E-state index is 12.7. The van der Waals surface area contributed by atoms with Crippen molar-refractivity contribution in [2.75, 3.05) is 11.9 Å². The van der Waals surface area contributed by atoms with Gasteiger partial charge in [-0.1, -0.05) is 44.5 Å². The number of hydrogen-bond donors (Lipinski definition) is 2. The fourth-order valence-corrected chi connectivity index (χ4v) is 2.65. The lowest BCUT2D eigenvalue weighted by molar-refractivity contribution is -0.122. The number of anilines is 1. The molecule has 0 aromatic heterocycles. The van der Waals surface area contributed by atoms with Gasteiger partial charge >= 0.3 is 0 Å². The molecule has 0 spiro atoms. The van der Waals surface area contributed by atoms with Crippen LogP contribution < -0.4 is 15.4 Å². The molecule has 0 saturated carbocycles. The van der Waals surface area contributed by atoms with Gasteiger partial charge in [0, 0.05) is 6.54 Å². The Bertz CT molecular complexity index is 774. The van der Waals surface area contributed by atoms with Crippen LogP contribution in [0.25, 0.3) is 0 Å². The third-order valence-corrected chi connectivity index (χ3v) is 4.18. The second kappa shape index (κ2) is 10.4. The van der Waals surface area contributed by atoms with E-state index in [-0.39, 0.29) is 11.8 Å². The van der Waals surface area contributed by atoms with Crippen molar-refractivity contribution in [2.45, 2.75) is 46.1 Å². The molecule has 2 amide bonds. The van der Waals surface area contributed by atoms with Crippen LogP contribution in [0.3, 0.4) is 0 Å². The van der Waals surface area contributed by atoms with Crippen LogP contribution in [0.1, 0.15) is 49.0 Å². The van der Waals surface area contributed by atoms with Crippen LogP contribution in [0.4, 0.5) is 5.69 Å². The second-order valence-corrected chi connectivity index (χ2v) is 6.48. The molecule has 0 saturated heterocycles. The maximum Gasteiger partial charge on any atom is 0.265 e. The Labute approximate surface area is 161 Å². The standard InChI is InChI=1S/C22H28N2O3/c1-4-6-14-23-21(25)18-12-7-8-13-19(18)24-22(26)20(5-2)27-17-11-9-10-16(3)15-17/h7-13,15,20H,4-6,14H2,1-3H3,(H,23,25)(H,24,26)/t20-/m0/s1. The zero-order chi connectivity index (χ0) is 19.6.